The number of hydrogen-bond acceptors (Lipinski definition) is 3. The van der Waals surface area contributed by atoms with E-state index in [0.29, 0.717) is 36.9 Å². The third-order valence-electron chi connectivity index (χ3n) is 4.42. The Morgan fingerprint density at radius 2 is 1.63 bits per heavy atom. The highest BCUT2D eigenvalue weighted by atomic mass is 35.5. The van der Waals surface area contributed by atoms with E-state index in [1.54, 1.807) is 18.2 Å². The third-order valence-corrected chi connectivity index (χ3v) is 4.75. The second-order valence-electron chi connectivity index (χ2n) is 6.37. The molecule has 1 heterocycles. The van der Waals surface area contributed by atoms with Gasteiger partial charge in [0.2, 0.25) is 11.8 Å². The van der Waals surface area contributed by atoms with Gasteiger partial charge < -0.3 is 10.2 Å². The Bertz CT molecular complexity index is 815. The van der Waals surface area contributed by atoms with Crippen LogP contribution in [0.1, 0.15) is 5.56 Å². The summed E-state index contributed by atoms with van der Waals surface area (Å²) in [7, 11) is 0. The minimum atomic E-state index is -0.105. The van der Waals surface area contributed by atoms with Crippen LogP contribution in [-0.2, 0) is 9.59 Å². The average molecular weight is 384 g/mol. The lowest BCUT2D eigenvalue weighted by Gasteiger charge is -2.33. The molecule has 1 saturated heterocycles. The standard InChI is InChI=1S/C21H22ClN3O2/c22-18-8-4-5-9-19(18)23-20(26)16-24-12-14-25(15-13-24)21(27)11-10-17-6-2-1-3-7-17/h1-11H,12-16H2,(H,23,26). The van der Waals surface area contributed by atoms with E-state index < -0.39 is 0 Å². The molecule has 0 atom stereocenters. The van der Waals surface area contributed by atoms with Crippen LogP contribution in [0.3, 0.4) is 0 Å². The molecular formula is C21H22ClN3O2. The third kappa shape index (κ3) is 5.67. The second-order valence-corrected chi connectivity index (χ2v) is 6.78. The van der Waals surface area contributed by atoms with Gasteiger partial charge in [-0.05, 0) is 23.8 Å². The molecule has 1 N–H and O–H groups in total. The summed E-state index contributed by atoms with van der Waals surface area (Å²) in [5.41, 5.74) is 1.62. The Kier molecular flexibility index (Phi) is 6.63. The Hall–Kier alpha value is -2.63. The molecule has 0 saturated carbocycles. The fraction of sp³-hybridized carbons (Fsp3) is 0.238. The zero-order valence-corrected chi connectivity index (χ0v) is 15.7. The van der Waals surface area contributed by atoms with Crippen LogP contribution in [0.2, 0.25) is 5.02 Å². The maximum Gasteiger partial charge on any atom is 0.246 e. The molecule has 0 aliphatic carbocycles. The van der Waals surface area contributed by atoms with Gasteiger partial charge in [-0.2, -0.15) is 0 Å². The van der Waals surface area contributed by atoms with Crippen LogP contribution in [0.15, 0.2) is 60.7 Å². The van der Waals surface area contributed by atoms with Gasteiger partial charge in [-0.1, -0.05) is 54.1 Å². The molecule has 5 nitrogen and oxygen atoms in total. The number of nitrogens with one attached hydrogen (secondary N) is 1. The molecule has 140 valence electrons. The molecular weight excluding hydrogens is 362 g/mol. The molecule has 1 fully saturated rings. The number of anilines is 1. The van der Waals surface area contributed by atoms with Gasteiger partial charge in [0.05, 0.1) is 17.3 Å². The molecule has 1 aliphatic heterocycles. The summed E-state index contributed by atoms with van der Waals surface area (Å²) in [6, 6.07) is 16.9. The summed E-state index contributed by atoms with van der Waals surface area (Å²) in [5.74, 6) is -0.106. The van der Waals surface area contributed by atoms with Crippen LogP contribution in [-0.4, -0.2) is 54.3 Å². The molecule has 3 rings (SSSR count). The van der Waals surface area contributed by atoms with E-state index in [0.717, 1.165) is 5.56 Å². The van der Waals surface area contributed by atoms with Gasteiger partial charge >= 0.3 is 0 Å². The van der Waals surface area contributed by atoms with Crippen LogP contribution in [0.25, 0.3) is 6.08 Å². The number of piperazine rings is 1. The highest BCUT2D eigenvalue weighted by Gasteiger charge is 2.21. The highest BCUT2D eigenvalue weighted by molar-refractivity contribution is 6.33. The van der Waals surface area contributed by atoms with E-state index in [2.05, 4.69) is 5.32 Å². The molecule has 0 spiro atoms. The molecule has 2 amide bonds. The summed E-state index contributed by atoms with van der Waals surface area (Å²) in [4.78, 5) is 28.4. The predicted octanol–water partition coefficient (Wildman–Crippen LogP) is 3.14. The van der Waals surface area contributed by atoms with Crippen LogP contribution in [0.4, 0.5) is 5.69 Å². The van der Waals surface area contributed by atoms with Crippen LogP contribution < -0.4 is 5.32 Å². The lowest BCUT2D eigenvalue weighted by molar-refractivity contribution is -0.127. The zero-order valence-electron chi connectivity index (χ0n) is 15.0. The van der Waals surface area contributed by atoms with E-state index >= 15 is 0 Å². The maximum atomic E-state index is 12.3. The van der Waals surface area contributed by atoms with E-state index in [9.17, 15) is 9.59 Å². The van der Waals surface area contributed by atoms with Crippen molar-refractivity contribution in [2.45, 2.75) is 0 Å². The van der Waals surface area contributed by atoms with Crippen molar-refractivity contribution < 1.29 is 9.59 Å². The molecule has 0 radical (unpaired) electrons. The van der Waals surface area contributed by atoms with Crippen LogP contribution >= 0.6 is 11.6 Å². The molecule has 0 unspecified atom stereocenters. The fourth-order valence-electron chi connectivity index (χ4n) is 2.92. The first-order valence-corrected chi connectivity index (χ1v) is 9.28. The number of halogens is 1. The Balaban J connectivity index is 1.44. The average Bonchev–Trinajstić information content (AvgIpc) is 2.69. The minimum Gasteiger partial charge on any atom is -0.337 e. The molecule has 27 heavy (non-hydrogen) atoms. The van der Waals surface area contributed by atoms with E-state index in [1.165, 1.54) is 0 Å². The monoisotopic (exact) mass is 383 g/mol. The van der Waals surface area contributed by atoms with Gasteiger partial charge in [0.25, 0.3) is 0 Å². The minimum absolute atomic E-state index is 0.000906. The number of carbonyl (C=O) groups excluding carboxylic acids is 2. The van der Waals surface area contributed by atoms with Crippen molar-refractivity contribution in [1.82, 2.24) is 9.80 Å². The zero-order chi connectivity index (χ0) is 19.1. The Labute approximate surface area is 164 Å². The summed E-state index contributed by atoms with van der Waals surface area (Å²) in [6.45, 7) is 2.84. The highest BCUT2D eigenvalue weighted by Crippen LogP contribution is 2.20. The van der Waals surface area contributed by atoms with Crippen molar-refractivity contribution in [1.29, 1.82) is 0 Å². The molecule has 1 aliphatic rings. The van der Waals surface area contributed by atoms with Crippen molar-refractivity contribution >= 4 is 35.2 Å². The first-order valence-electron chi connectivity index (χ1n) is 8.90. The smallest absolute Gasteiger partial charge is 0.246 e. The topological polar surface area (TPSA) is 52.7 Å². The number of carbonyl (C=O) groups is 2. The summed E-state index contributed by atoms with van der Waals surface area (Å²) in [6.07, 6.45) is 3.43. The first-order chi connectivity index (χ1) is 13.1. The second kappa shape index (κ2) is 9.35. The van der Waals surface area contributed by atoms with E-state index in [-0.39, 0.29) is 18.4 Å². The summed E-state index contributed by atoms with van der Waals surface area (Å²) >= 11 is 6.06. The summed E-state index contributed by atoms with van der Waals surface area (Å²) in [5, 5.41) is 3.35. The number of nitrogens with zero attached hydrogens (tertiary/aromatic N) is 2. The van der Waals surface area contributed by atoms with Crippen molar-refractivity contribution in [2.75, 3.05) is 38.0 Å². The van der Waals surface area contributed by atoms with Gasteiger partial charge in [-0.15, -0.1) is 0 Å². The normalized spacial score (nSPS) is 15.1. The van der Waals surface area contributed by atoms with Gasteiger partial charge in [-0.25, -0.2) is 0 Å². The molecule has 2 aromatic carbocycles. The number of rotatable bonds is 5. The summed E-state index contributed by atoms with van der Waals surface area (Å²) < 4.78 is 0. The largest absolute Gasteiger partial charge is 0.337 e. The Morgan fingerprint density at radius 1 is 0.963 bits per heavy atom. The van der Waals surface area contributed by atoms with Gasteiger partial charge in [0, 0.05) is 32.3 Å². The van der Waals surface area contributed by atoms with E-state index in [4.69, 9.17) is 11.6 Å². The fourth-order valence-corrected chi connectivity index (χ4v) is 3.10. The lowest BCUT2D eigenvalue weighted by Crippen LogP contribution is -2.50. The van der Waals surface area contributed by atoms with Gasteiger partial charge in [0.1, 0.15) is 0 Å². The van der Waals surface area contributed by atoms with Gasteiger partial charge in [-0.3, -0.25) is 14.5 Å². The van der Waals surface area contributed by atoms with Gasteiger partial charge in [0.15, 0.2) is 0 Å². The quantitative estimate of drug-likeness (QED) is 0.807. The SMILES string of the molecule is O=C(CN1CCN(C(=O)C=Cc2ccccc2)CC1)Nc1ccccc1Cl. The maximum absolute atomic E-state index is 12.3. The molecule has 2 aromatic rings. The number of benzene rings is 2. The van der Waals surface area contributed by atoms with Crippen molar-refractivity contribution in [3.63, 3.8) is 0 Å². The van der Waals surface area contributed by atoms with Crippen LogP contribution in [0, 0.1) is 0 Å². The number of para-hydroxylation sites is 1. The van der Waals surface area contributed by atoms with Crippen LogP contribution in [0.5, 0.6) is 0 Å². The lowest BCUT2D eigenvalue weighted by atomic mass is 10.2. The van der Waals surface area contributed by atoms with Crippen molar-refractivity contribution in [3.05, 3.63) is 71.3 Å². The predicted molar refractivity (Wildman–Crippen MR) is 109 cm³/mol. The van der Waals surface area contributed by atoms with Crippen molar-refractivity contribution in [2.24, 2.45) is 0 Å². The molecule has 6 heteroatoms. The Morgan fingerprint density at radius 3 is 2.33 bits per heavy atom. The first kappa shape index (κ1) is 19.1. The number of hydrogen-bond donors (Lipinski definition) is 1. The molecule has 0 bridgehead atoms. The number of amides is 2. The van der Waals surface area contributed by atoms with E-state index in [1.807, 2.05) is 58.3 Å². The van der Waals surface area contributed by atoms with Crippen molar-refractivity contribution in [3.8, 4) is 0 Å². The molecule has 0 aromatic heterocycles.